The van der Waals surface area contributed by atoms with Crippen LogP contribution in [0.4, 0.5) is 0 Å². The lowest BCUT2D eigenvalue weighted by Gasteiger charge is -2.23. The molecule has 0 bridgehead atoms. The molecule has 0 aromatic heterocycles. The Morgan fingerprint density at radius 1 is 0.875 bits per heavy atom. The van der Waals surface area contributed by atoms with Crippen LogP contribution in [-0.4, -0.2) is 13.2 Å². The average Bonchev–Trinajstić information content (AvgIpc) is 2.67. The van der Waals surface area contributed by atoms with Crippen molar-refractivity contribution in [3.05, 3.63) is 0 Å². The summed E-state index contributed by atoms with van der Waals surface area (Å²) in [6.45, 7) is 17.8. The van der Waals surface area contributed by atoms with Gasteiger partial charge in [-0.05, 0) is 29.6 Å². The highest BCUT2D eigenvalue weighted by atomic mass is 16.5. The molecule has 0 saturated carbocycles. The molecule has 2 unspecified atom stereocenters. The van der Waals surface area contributed by atoms with Crippen LogP contribution in [0.2, 0.25) is 0 Å². The maximum Gasteiger partial charge on any atom is 0.0500 e. The van der Waals surface area contributed by atoms with E-state index in [1.807, 2.05) is 0 Å². The lowest BCUT2D eigenvalue weighted by atomic mass is 9.80. The molecule has 0 aromatic rings. The summed E-state index contributed by atoms with van der Waals surface area (Å²) in [6, 6.07) is 0. The van der Waals surface area contributed by atoms with Gasteiger partial charge >= 0.3 is 0 Å². The minimum Gasteiger partial charge on any atom is -0.381 e. The van der Waals surface area contributed by atoms with Gasteiger partial charge in [0.15, 0.2) is 0 Å². The summed E-state index contributed by atoms with van der Waals surface area (Å²) in [6.07, 6.45) is 1.31. The maximum absolute atomic E-state index is 5.49. The van der Waals surface area contributed by atoms with Crippen molar-refractivity contribution in [2.24, 2.45) is 29.6 Å². The lowest BCUT2D eigenvalue weighted by Crippen LogP contribution is -2.22. The molecule has 0 spiro atoms. The maximum atomic E-state index is 5.49. The van der Waals surface area contributed by atoms with Crippen LogP contribution < -0.4 is 0 Å². The topological polar surface area (TPSA) is 9.23 Å². The SMILES string of the molecule is CC(C)C1COCC1C(C)C.CCC(C)C. The van der Waals surface area contributed by atoms with Crippen molar-refractivity contribution in [3.63, 3.8) is 0 Å². The van der Waals surface area contributed by atoms with Crippen molar-refractivity contribution in [2.45, 2.75) is 54.9 Å². The first-order valence-corrected chi connectivity index (χ1v) is 6.97. The van der Waals surface area contributed by atoms with Crippen LogP contribution in [0, 0.1) is 29.6 Å². The van der Waals surface area contributed by atoms with Gasteiger partial charge in [0.1, 0.15) is 0 Å². The van der Waals surface area contributed by atoms with Crippen molar-refractivity contribution < 1.29 is 4.74 Å². The van der Waals surface area contributed by atoms with Gasteiger partial charge in [0.2, 0.25) is 0 Å². The summed E-state index contributed by atoms with van der Waals surface area (Å²) in [7, 11) is 0. The molecule has 1 aliphatic rings. The smallest absolute Gasteiger partial charge is 0.0500 e. The fourth-order valence-corrected chi connectivity index (χ4v) is 1.96. The zero-order valence-corrected chi connectivity index (χ0v) is 12.4. The van der Waals surface area contributed by atoms with E-state index in [9.17, 15) is 0 Å². The predicted molar refractivity (Wildman–Crippen MR) is 72.6 cm³/mol. The van der Waals surface area contributed by atoms with E-state index in [4.69, 9.17) is 4.74 Å². The summed E-state index contributed by atoms with van der Waals surface area (Å²) in [5.41, 5.74) is 0. The molecule has 1 aliphatic heterocycles. The third-order valence-corrected chi connectivity index (χ3v) is 3.70. The molecule has 16 heavy (non-hydrogen) atoms. The summed E-state index contributed by atoms with van der Waals surface area (Å²) in [5, 5.41) is 0. The minimum absolute atomic E-state index is 0.782. The third-order valence-electron chi connectivity index (χ3n) is 3.70. The van der Waals surface area contributed by atoms with E-state index >= 15 is 0 Å². The van der Waals surface area contributed by atoms with Crippen molar-refractivity contribution in [1.82, 2.24) is 0 Å². The Morgan fingerprint density at radius 2 is 1.19 bits per heavy atom. The molecule has 0 aromatic carbocycles. The molecular weight excluding hydrogens is 196 g/mol. The molecule has 1 saturated heterocycles. The Bertz CT molecular complexity index is 147. The lowest BCUT2D eigenvalue weighted by molar-refractivity contribution is 0.172. The van der Waals surface area contributed by atoms with E-state index in [2.05, 4.69) is 48.5 Å². The average molecular weight is 228 g/mol. The van der Waals surface area contributed by atoms with E-state index in [0.717, 1.165) is 42.8 Å². The normalized spacial score (nSPS) is 25.1. The molecule has 2 atom stereocenters. The van der Waals surface area contributed by atoms with Crippen LogP contribution >= 0.6 is 0 Å². The van der Waals surface area contributed by atoms with Gasteiger partial charge in [0, 0.05) is 13.2 Å². The van der Waals surface area contributed by atoms with Crippen LogP contribution in [0.15, 0.2) is 0 Å². The van der Waals surface area contributed by atoms with Crippen molar-refractivity contribution in [3.8, 4) is 0 Å². The highest BCUT2D eigenvalue weighted by Crippen LogP contribution is 2.32. The Labute approximate surface area is 103 Å². The molecule has 1 fully saturated rings. The van der Waals surface area contributed by atoms with Gasteiger partial charge in [-0.15, -0.1) is 0 Å². The zero-order chi connectivity index (χ0) is 12.7. The third kappa shape index (κ3) is 5.89. The van der Waals surface area contributed by atoms with Crippen molar-refractivity contribution in [2.75, 3.05) is 13.2 Å². The molecule has 0 amide bonds. The van der Waals surface area contributed by atoms with Gasteiger partial charge in [-0.2, -0.15) is 0 Å². The molecule has 1 heteroatoms. The molecule has 1 nitrogen and oxygen atoms in total. The molecule has 1 rings (SSSR count). The fourth-order valence-electron chi connectivity index (χ4n) is 1.96. The van der Waals surface area contributed by atoms with Crippen LogP contribution in [-0.2, 0) is 4.74 Å². The Morgan fingerprint density at radius 3 is 1.38 bits per heavy atom. The first kappa shape index (κ1) is 16.0. The fraction of sp³-hybridized carbons (Fsp3) is 1.00. The number of rotatable bonds is 3. The second-order valence-corrected chi connectivity index (χ2v) is 6.16. The zero-order valence-electron chi connectivity index (χ0n) is 12.4. The largest absolute Gasteiger partial charge is 0.381 e. The minimum atomic E-state index is 0.782. The summed E-state index contributed by atoms with van der Waals surface area (Å²) in [4.78, 5) is 0. The standard InChI is InChI=1S/C10H20O.C5H12/c1-7(2)9-5-11-6-10(9)8(3)4;1-4-5(2)3/h7-10H,5-6H2,1-4H3;5H,4H2,1-3H3. The van der Waals surface area contributed by atoms with E-state index in [0.29, 0.717) is 0 Å². The monoisotopic (exact) mass is 228 g/mol. The highest BCUT2D eigenvalue weighted by Gasteiger charge is 2.32. The predicted octanol–water partition coefficient (Wildman–Crippen LogP) is 4.61. The van der Waals surface area contributed by atoms with Crippen LogP contribution in [0.25, 0.3) is 0 Å². The summed E-state index contributed by atoms with van der Waals surface area (Å²) < 4.78 is 5.49. The van der Waals surface area contributed by atoms with E-state index in [-0.39, 0.29) is 0 Å². The van der Waals surface area contributed by atoms with Gasteiger partial charge in [-0.1, -0.05) is 54.9 Å². The molecule has 0 radical (unpaired) electrons. The number of hydrogen-bond donors (Lipinski definition) is 0. The Hall–Kier alpha value is -0.0400. The van der Waals surface area contributed by atoms with E-state index in [1.165, 1.54) is 6.42 Å². The molecule has 0 aliphatic carbocycles. The summed E-state index contributed by atoms with van der Waals surface area (Å²) in [5.74, 6) is 4.05. The first-order valence-electron chi connectivity index (χ1n) is 6.97. The second-order valence-electron chi connectivity index (χ2n) is 6.16. The summed E-state index contributed by atoms with van der Waals surface area (Å²) >= 11 is 0. The van der Waals surface area contributed by atoms with Crippen LogP contribution in [0.1, 0.15) is 54.9 Å². The van der Waals surface area contributed by atoms with Crippen molar-refractivity contribution >= 4 is 0 Å². The second kappa shape index (κ2) is 8.11. The van der Waals surface area contributed by atoms with Crippen molar-refractivity contribution in [1.29, 1.82) is 0 Å². The van der Waals surface area contributed by atoms with Gasteiger partial charge in [0.25, 0.3) is 0 Å². The highest BCUT2D eigenvalue weighted by molar-refractivity contribution is 4.79. The molecule has 98 valence electrons. The van der Waals surface area contributed by atoms with E-state index in [1.54, 1.807) is 0 Å². The van der Waals surface area contributed by atoms with Crippen LogP contribution in [0.5, 0.6) is 0 Å². The van der Waals surface area contributed by atoms with Crippen LogP contribution in [0.3, 0.4) is 0 Å². The van der Waals surface area contributed by atoms with Gasteiger partial charge in [-0.3, -0.25) is 0 Å². The van der Waals surface area contributed by atoms with Gasteiger partial charge < -0.3 is 4.74 Å². The van der Waals surface area contributed by atoms with E-state index < -0.39 is 0 Å². The molecule has 0 N–H and O–H groups in total. The van der Waals surface area contributed by atoms with Gasteiger partial charge in [0.05, 0.1) is 0 Å². The van der Waals surface area contributed by atoms with Gasteiger partial charge in [-0.25, -0.2) is 0 Å². The number of hydrogen-bond acceptors (Lipinski definition) is 1. The quantitative estimate of drug-likeness (QED) is 0.685. The molecule has 1 heterocycles. The first-order chi connectivity index (χ1) is 7.40. The number of ether oxygens (including phenoxy) is 1. The Balaban J connectivity index is 0.000000385. The molecular formula is C15H32O. The Kier molecular flexibility index (Phi) is 8.09.